The molecule has 0 aromatic heterocycles. The van der Waals surface area contributed by atoms with Gasteiger partial charge >= 0.3 is 0 Å². The summed E-state index contributed by atoms with van der Waals surface area (Å²) in [5.41, 5.74) is 13.8. The fourth-order valence-corrected chi connectivity index (χ4v) is 3.43. The molecule has 1 saturated carbocycles. The fourth-order valence-electron chi connectivity index (χ4n) is 3.43. The van der Waals surface area contributed by atoms with Crippen LogP contribution in [-0.2, 0) is 11.2 Å². The molecule has 2 amide bonds. The number of carbonyl (C=O) groups excluding carboxylic acids is 2. The predicted molar refractivity (Wildman–Crippen MR) is 81.0 cm³/mol. The number of nitrogens with zero attached hydrogens (tertiary/aromatic N) is 1. The first kappa shape index (κ1) is 14.1. The highest BCUT2D eigenvalue weighted by atomic mass is 16.2. The van der Waals surface area contributed by atoms with Crippen molar-refractivity contribution in [1.82, 2.24) is 0 Å². The summed E-state index contributed by atoms with van der Waals surface area (Å²) < 4.78 is 0. The van der Waals surface area contributed by atoms with E-state index in [2.05, 4.69) is 0 Å². The Balaban J connectivity index is 1.92. The molecule has 5 nitrogen and oxygen atoms in total. The largest absolute Gasteiger partial charge is 0.366 e. The summed E-state index contributed by atoms with van der Waals surface area (Å²) in [5, 5.41) is 0. The predicted octanol–water partition coefficient (Wildman–Crippen LogP) is 1.33. The van der Waals surface area contributed by atoms with Crippen LogP contribution in [-0.4, -0.2) is 23.9 Å². The summed E-state index contributed by atoms with van der Waals surface area (Å²) in [6.45, 7) is 0. The lowest BCUT2D eigenvalue weighted by Crippen LogP contribution is -2.46. The number of benzene rings is 1. The van der Waals surface area contributed by atoms with Crippen molar-refractivity contribution in [3.05, 3.63) is 29.3 Å². The minimum absolute atomic E-state index is 0.176. The Hall–Kier alpha value is -1.88. The number of fused-ring (bicyclic) bond motifs is 1. The van der Waals surface area contributed by atoms with Gasteiger partial charge in [-0.05, 0) is 55.9 Å². The molecule has 2 aliphatic rings. The van der Waals surface area contributed by atoms with Gasteiger partial charge in [0, 0.05) is 29.8 Å². The Morgan fingerprint density at radius 1 is 1.14 bits per heavy atom. The Bertz CT molecular complexity index is 577. The Morgan fingerprint density at radius 3 is 2.52 bits per heavy atom. The first-order chi connectivity index (χ1) is 10.1. The molecule has 1 aliphatic heterocycles. The van der Waals surface area contributed by atoms with Crippen LogP contribution >= 0.6 is 0 Å². The van der Waals surface area contributed by atoms with E-state index in [1.54, 1.807) is 6.07 Å². The maximum atomic E-state index is 12.4. The molecule has 1 heterocycles. The maximum absolute atomic E-state index is 12.4. The summed E-state index contributed by atoms with van der Waals surface area (Å²) in [5.74, 6) is -0.250. The number of amides is 2. The Morgan fingerprint density at radius 2 is 1.86 bits per heavy atom. The minimum Gasteiger partial charge on any atom is -0.366 e. The van der Waals surface area contributed by atoms with E-state index in [1.807, 2.05) is 17.0 Å². The maximum Gasteiger partial charge on any atom is 0.248 e. The van der Waals surface area contributed by atoms with Crippen LogP contribution in [0, 0.1) is 0 Å². The van der Waals surface area contributed by atoms with Gasteiger partial charge in [0.1, 0.15) is 0 Å². The van der Waals surface area contributed by atoms with Crippen molar-refractivity contribution in [2.45, 2.75) is 50.6 Å². The first-order valence-corrected chi connectivity index (χ1v) is 7.56. The van der Waals surface area contributed by atoms with Gasteiger partial charge in [-0.25, -0.2) is 0 Å². The van der Waals surface area contributed by atoms with E-state index in [9.17, 15) is 9.59 Å². The number of hydrogen-bond acceptors (Lipinski definition) is 3. The monoisotopic (exact) mass is 287 g/mol. The molecule has 1 aromatic rings. The molecule has 112 valence electrons. The average Bonchev–Trinajstić information content (AvgIpc) is 2.48. The molecule has 3 rings (SSSR count). The quantitative estimate of drug-likeness (QED) is 0.860. The van der Waals surface area contributed by atoms with Crippen LogP contribution in [0.25, 0.3) is 0 Å². The van der Waals surface area contributed by atoms with E-state index in [-0.39, 0.29) is 18.0 Å². The molecule has 4 N–H and O–H groups in total. The average molecular weight is 287 g/mol. The molecule has 0 saturated heterocycles. The third-order valence-corrected chi connectivity index (χ3v) is 4.61. The second kappa shape index (κ2) is 5.48. The van der Waals surface area contributed by atoms with Crippen LogP contribution in [0.4, 0.5) is 5.69 Å². The van der Waals surface area contributed by atoms with Gasteiger partial charge in [-0.2, -0.15) is 0 Å². The molecule has 0 radical (unpaired) electrons. The molecule has 0 unspecified atom stereocenters. The summed E-state index contributed by atoms with van der Waals surface area (Å²) >= 11 is 0. The number of aryl methyl sites for hydroxylation is 1. The van der Waals surface area contributed by atoms with Crippen molar-refractivity contribution in [1.29, 1.82) is 0 Å². The number of primary amides is 1. The highest BCUT2D eigenvalue weighted by molar-refractivity contribution is 5.99. The topological polar surface area (TPSA) is 89.4 Å². The van der Waals surface area contributed by atoms with Crippen molar-refractivity contribution in [3.63, 3.8) is 0 Å². The molecule has 0 spiro atoms. The third kappa shape index (κ3) is 2.65. The van der Waals surface area contributed by atoms with Crippen LogP contribution in [0.2, 0.25) is 0 Å². The summed E-state index contributed by atoms with van der Waals surface area (Å²) in [7, 11) is 0. The van der Waals surface area contributed by atoms with Crippen LogP contribution in [0.15, 0.2) is 18.2 Å². The summed E-state index contributed by atoms with van der Waals surface area (Å²) in [6, 6.07) is 5.89. The molecule has 0 bridgehead atoms. The number of rotatable bonds is 2. The van der Waals surface area contributed by atoms with Crippen LogP contribution in [0.3, 0.4) is 0 Å². The fraction of sp³-hybridized carbons (Fsp3) is 0.500. The van der Waals surface area contributed by atoms with E-state index in [4.69, 9.17) is 11.5 Å². The second-order valence-electron chi connectivity index (χ2n) is 6.04. The van der Waals surface area contributed by atoms with Crippen molar-refractivity contribution < 1.29 is 9.59 Å². The summed E-state index contributed by atoms with van der Waals surface area (Å²) in [6.07, 6.45) is 5.00. The molecular formula is C16H21N3O2. The van der Waals surface area contributed by atoms with Gasteiger partial charge in [0.15, 0.2) is 0 Å². The summed E-state index contributed by atoms with van der Waals surface area (Å²) in [4.78, 5) is 25.6. The van der Waals surface area contributed by atoms with Gasteiger partial charge in [0.2, 0.25) is 11.8 Å². The zero-order valence-corrected chi connectivity index (χ0v) is 12.0. The highest BCUT2D eigenvalue weighted by Gasteiger charge is 2.32. The highest BCUT2D eigenvalue weighted by Crippen LogP contribution is 2.34. The lowest BCUT2D eigenvalue weighted by molar-refractivity contribution is -0.119. The van der Waals surface area contributed by atoms with Crippen molar-refractivity contribution in [2.24, 2.45) is 11.5 Å². The number of hydrogen-bond donors (Lipinski definition) is 2. The molecule has 5 heteroatoms. The van der Waals surface area contributed by atoms with Gasteiger partial charge in [0.25, 0.3) is 0 Å². The lowest BCUT2D eigenvalue weighted by Gasteiger charge is -2.39. The Labute approximate surface area is 124 Å². The number of anilines is 1. The molecule has 1 fully saturated rings. The van der Waals surface area contributed by atoms with Crippen LogP contribution < -0.4 is 16.4 Å². The molecular weight excluding hydrogens is 266 g/mol. The van der Waals surface area contributed by atoms with E-state index >= 15 is 0 Å². The van der Waals surface area contributed by atoms with Gasteiger partial charge in [-0.1, -0.05) is 0 Å². The third-order valence-electron chi connectivity index (χ3n) is 4.61. The molecule has 0 atom stereocenters. The van der Waals surface area contributed by atoms with E-state index < -0.39 is 5.91 Å². The molecule has 21 heavy (non-hydrogen) atoms. The van der Waals surface area contributed by atoms with Crippen molar-refractivity contribution in [3.8, 4) is 0 Å². The SMILES string of the molecule is NC(=O)c1ccc2c(c1)CCC(=O)N2C1CCC(N)CC1. The standard InChI is InChI=1S/C16H21N3O2/c17-12-3-5-13(6-4-12)19-14-7-1-11(16(18)21)9-10(14)2-8-15(19)20/h1,7,9,12-13H,2-6,8,17H2,(H2,18,21). The van der Waals surface area contributed by atoms with Crippen molar-refractivity contribution >= 4 is 17.5 Å². The van der Waals surface area contributed by atoms with Crippen LogP contribution in [0.1, 0.15) is 48.0 Å². The number of carbonyl (C=O) groups is 2. The van der Waals surface area contributed by atoms with Crippen molar-refractivity contribution in [2.75, 3.05) is 4.90 Å². The van der Waals surface area contributed by atoms with Gasteiger partial charge in [-0.15, -0.1) is 0 Å². The minimum atomic E-state index is -0.426. The van der Waals surface area contributed by atoms with Crippen LogP contribution in [0.5, 0.6) is 0 Å². The number of nitrogens with two attached hydrogens (primary N) is 2. The zero-order chi connectivity index (χ0) is 15.0. The van der Waals surface area contributed by atoms with Gasteiger partial charge in [-0.3, -0.25) is 9.59 Å². The molecule has 1 aliphatic carbocycles. The van der Waals surface area contributed by atoms with Gasteiger partial charge < -0.3 is 16.4 Å². The zero-order valence-electron chi connectivity index (χ0n) is 12.0. The normalized spacial score (nSPS) is 25.6. The van der Waals surface area contributed by atoms with E-state index in [0.29, 0.717) is 18.4 Å². The molecule has 1 aromatic carbocycles. The first-order valence-electron chi connectivity index (χ1n) is 7.56. The second-order valence-corrected chi connectivity index (χ2v) is 6.04. The Kier molecular flexibility index (Phi) is 3.68. The van der Waals surface area contributed by atoms with E-state index in [0.717, 1.165) is 36.9 Å². The smallest absolute Gasteiger partial charge is 0.248 e. The van der Waals surface area contributed by atoms with E-state index in [1.165, 1.54) is 0 Å². The van der Waals surface area contributed by atoms with Gasteiger partial charge in [0.05, 0.1) is 0 Å². The lowest BCUT2D eigenvalue weighted by atomic mass is 9.88.